The normalized spacial score (nSPS) is 17.6. The van der Waals surface area contributed by atoms with E-state index in [4.69, 9.17) is 14.2 Å². The van der Waals surface area contributed by atoms with Crippen molar-refractivity contribution in [1.29, 1.82) is 0 Å². The molecule has 0 saturated heterocycles. The van der Waals surface area contributed by atoms with Crippen LogP contribution in [0.5, 0.6) is 17.2 Å². The highest BCUT2D eigenvalue weighted by molar-refractivity contribution is 8.14. The first kappa shape index (κ1) is 14.8. The van der Waals surface area contributed by atoms with Crippen LogP contribution in [0, 0.1) is 0 Å². The van der Waals surface area contributed by atoms with Crippen molar-refractivity contribution in [1.82, 2.24) is 0 Å². The summed E-state index contributed by atoms with van der Waals surface area (Å²) >= 11 is 1.73. The molecule has 2 rings (SSSR count). The van der Waals surface area contributed by atoms with Gasteiger partial charge in [-0.05, 0) is 6.42 Å². The van der Waals surface area contributed by atoms with Crippen molar-refractivity contribution in [2.45, 2.75) is 19.4 Å². The maximum Gasteiger partial charge on any atom is 0.203 e. The topological polar surface area (TPSA) is 52.1 Å². The van der Waals surface area contributed by atoms with Crippen molar-refractivity contribution < 1.29 is 14.2 Å². The van der Waals surface area contributed by atoms with Crippen molar-refractivity contribution in [2.75, 3.05) is 32.4 Å². The molecule has 0 bridgehead atoms. The van der Waals surface area contributed by atoms with Gasteiger partial charge in [-0.1, -0.05) is 18.7 Å². The maximum atomic E-state index is 5.33. The molecule has 1 aliphatic rings. The number of aliphatic imine (C=N–C) groups is 1. The predicted octanol–water partition coefficient (Wildman–Crippen LogP) is 3.01. The average Bonchev–Trinajstić information content (AvgIpc) is 2.93. The van der Waals surface area contributed by atoms with Crippen LogP contribution in [-0.2, 0) is 0 Å². The molecule has 1 heterocycles. The fourth-order valence-electron chi connectivity index (χ4n) is 1.97. The second-order valence-electron chi connectivity index (χ2n) is 4.35. The Hall–Kier alpha value is -1.56. The van der Waals surface area contributed by atoms with Crippen LogP contribution >= 0.6 is 11.8 Å². The minimum atomic E-state index is 0.407. The number of rotatable bonds is 5. The Labute approximate surface area is 123 Å². The number of hydrogen-bond acceptors (Lipinski definition) is 6. The number of hydrogen-bond donors (Lipinski definition) is 1. The molecule has 0 spiro atoms. The quantitative estimate of drug-likeness (QED) is 0.905. The van der Waals surface area contributed by atoms with Crippen LogP contribution in [0.1, 0.15) is 13.3 Å². The molecule has 1 unspecified atom stereocenters. The average molecular weight is 296 g/mol. The van der Waals surface area contributed by atoms with Crippen molar-refractivity contribution in [3.8, 4) is 17.2 Å². The van der Waals surface area contributed by atoms with Crippen LogP contribution in [0.4, 0.5) is 5.69 Å². The van der Waals surface area contributed by atoms with Crippen LogP contribution in [0.2, 0.25) is 0 Å². The van der Waals surface area contributed by atoms with Gasteiger partial charge < -0.3 is 19.5 Å². The third-order valence-electron chi connectivity index (χ3n) is 3.10. The highest BCUT2D eigenvalue weighted by Gasteiger charge is 2.18. The summed E-state index contributed by atoms with van der Waals surface area (Å²) in [6, 6.07) is 4.16. The highest BCUT2D eigenvalue weighted by Crippen LogP contribution is 2.40. The fraction of sp³-hybridized carbons (Fsp3) is 0.500. The van der Waals surface area contributed by atoms with E-state index in [0.29, 0.717) is 23.3 Å². The summed E-state index contributed by atoms with van der Waals surface area (Å²) in [5.41, 5.74) is 0.877. The summed E-state index contributed by atoms with van der Waals surface area (Å²) in [7, 11) is 4.81. The van der Waals surface area contributed by atoms with Gasteiger partial charge in [-0.15, -0.1) is 0 Å². The van der Waals surface area contributed by atoms with Gasteiger partial charge in [-0.3, -0.25) is 4.99 Å². The number of anilines is 1. The second kappa shape index (κ2) is 6.74. The first-order valence-electron chi connectivity index (χ1n) is 6.49. The number of ether oxygens (including phenoxy) is 3. The van der Waals surface area contributed by atoms with Crippen LogP contribution in [0.15, 0.2) is 17.1 Å². The van der Waals surface area contributed by atoms with Gasteiger partial charge >= 0.3 is 0 Å². The Morgan fingerprint density at radius 1 is 1.20 bits per heavy atom. The largest absolute Gasteiger partial charge is 0.493 e. The third kappa shape index (κ3) is 3.12. The van der Waals surface area contributed by atoms with Gasteiger partial charge in [0.25, 0.3) is 0 Å². The molecule has 1 N–H and O–H groups in total. The van der Waals surface area contributed by atoms with Crippen molar-refractivity contribution in [3.05, 3.63) is 12.1 Å². The summed E-state index contributed by atoms with van der Waals surface area (Å²) in [6.45, 7) is 2.15. The van der Waals surface area contributed by atoms with Crippen molar-refractivity contribution in [2.24, 2.45) is 4.99 Å². The number of benzene rings is 1. The molecule has 1 aromatic carbocycles. The lowest BCUT2D eigenvalue weighted by Crippen LogP contribution is -2.06. The molecule has 1 aromatic rings. The Bertz CT molecular complexity index is 480. The van der Waals surface area contributed by atoms with Crippen molar-refractivity contribution in [3.63, 3.8) is 0 Å². The summed E-state index contributed by atoms with van der Waals surface area (Å²) in [4.78, 5) is 4.61. The number of amidine groups is 1. The maximum absolute atomic E-state index is 5.33. The van der Waals surface area contributed by atoms with Crippen LogP contribution in [0.3, 0.4) is 0 Å². The molecule has 0 amide bonds. The van der Waals surface area contributed by atoms with E-state index < -0.39 is 0 Å². The Kier molecular flexibility index (Phi) is 5.00. The summed E-state index contributed by atoms with van der Waals surface area (Å²) in [5, 5.41) is 4.24. The molecule has 6 heteroatoms. The van der Waals surface area contributed by atoms with Gasteiger partial charge in [-0.25, -0.2) is 0 Å². The number of methoxy groups -OCH3 is 3. The minimum Gasteiger partial charge on any atom is -0.493 e. The lowest BCUT2D eigenvalue weighted by molar-refractivity contribution is 0.324. The smallest absolute Gasteiger partial charge is 0.203 e. The SMILES string of the molecule is CCC1CSC(Nc2cc(OC)c(OC)c(OC)c2)=N1. The predicted molar refractivity (Wildman–Crippen MR) is 83.7 cm³/mol. The van der Waals surface area contributed by atoms with E-state index in [0.717, 1.165) is 23.0 Å². The minimum absolute atomic E-state index is 0.407. The standard InChI is InChI=1S/C14H20N2O3S/c1-5-9-8-20-14(15-9)16-10-6-11(17-2)13(19-4)12(7-10)18-3/h6-7,9H,5,8H2,1-4H3,(H,15,16). The zero-order valence-corrected chi connectivity index (χ0v) is 13.0. The van der Waals surface area contributed by atoms with Crippen LogP contribution in [-0.4, -0.2) is 38.3 Å². The Balaban J connectivity index is 2.24. The van der Waals surface area contributed by atoms with Crippen LogP contribution in [0.25, 0.3) is 0 Å². The van der Waals surface area contributed by atoms with Crippen LogP contribution < -0.4 is 19.5 Å². The van der Waals surface area contributed by atoms with Gasteiger partial charge in [0.1, 0.15) is 0 Å². The van der Waals surface area contributed by atoms with E-state index in [1.165, 1.54) is 0 Å². The molecule has 1 atom stereocenters. The molecule has 5 nitrogen and oxygen atoms in total. The monoisotopic (exact) mass is 296 g/mol. The zero-order chi connectivity index (χ0) is 14.5. The second-order valence-corrected chi connectivity index (χ2v) is 5.36. The molecular formula is C14H20N2O3S. The molecule has 1 aliphatic heterocycles. The number of nitrogens with one attached hydrogen (secondary N) is 1. The summed E-state index contributed by atoms with van der Waals surface area (Å²) < 4.78 is 16.0. The van der Waals surface area contributed by atoms with Gasteiger partial charge in [0.15, 0.2) is 16.7 Å². The van der Waals surface area contributed by atoms with Gasteiger partial charge in [0.05, 0.1) is 27.4 Å². The van der Waals surface area contributed by atoms with E-state index >= 15 is 0 Å². The van der Waals surface area contributed by atoms with E-state index in [1.807, 2.05) is 12.1 Å². The molecule has 0 saturated carbocycles. The first-order valence-corrected chi connectivity index (χ1v) is 7.48. The third-order valence-corrected chi connectivity index (χ3v) is 4.13. The van der Waals surface area contributed by atoms with Gasteiger partial charge in [0.2, 0.25) is 5.75 Å². The number of thioether (sulfide) groups is 1. The molecule has 110 valence electrons. The summed E-state index contributed by atoms with van der Waals surface area (Å²) in [6.07, 6.45) is 1.06. The van der Waals surface area contributed by atoms with Gasteiger partial charge in [0, 0.05) is 23.6 Å². The Morgan fingerprint density at radius 2 is 1.85 bits per heavy atom. The zero-order valence-electron chi connectivity index (χ0n) is 12.2. The summed E-state index contributed by atoms with van der Waals surface area (Å²) in [5.74, 6) is 2.88. The Morgan fingerprint density at radius 3 is 2.30 bits per heavy atom. The lowest BCUT2D eigenvalue weighted by Gasteiger charge is -2.14. The van der Waals surface area contributed by atoms with Gasteiger partial charge in [-0.2, -0.15) is 0 Å². The molecule has 0 radical (unpaired) electrons. The molecule has 0 fully saturated rings. The first-order chi connectivity index (χ1) is 9.71. The molecule has 20 heavy (non-hydrogen) atoms. The van der Waals surface area contributed by atoms with E-state index in [1.54, 1.807) is 33.1 Å². The highest BCUT2D eigenvalue weighted by atomic mass is 32.2. The lowest BCUT2D eigenvalue weighted by atomic mass is 10.2. The van der Waals surface area contributed by atoms with E-state index in [-0.39, 0.29) is 0 Å². The van der Waals surface area contributed by atoms with E-state index in [9.17, 15) is 0 Å². The van der Waals surface area contributed by atoms with E-state index in [2.05, 4.69) is 17.2 Å². The molecular weight excluding hydrogens is 276 g/mol. The molecule has 0 aromatic heterocycles. The fourth-order valence-corrected chi connectivity index (χ4v) is 3.04. The number of nitrogens with zero attached hydrogens (tertiary/aromatic N) is 1. The van der Waals surface area contributed by atoms with Crippen molar-refractivity contribution >= 4 is 22.6 Å². The molecule has 0 aliphatic carbocycles.